The van der Waals surface area contributed by atoms with Gasteiger partial charge in [0.1, 0.15) is 19.8 Å². The molecule has 2 unspecified atom stereocenters. The van der Waals surface area contributed by atoms with Crippen molar-refractivity contribution in [2.24, 2.45) is 0 Å². The Balaban J connectivity index is 3.85. The van der Waals surface area contributed by atoms with E-state index in [1.165, 1.54) is 385 Å². The maximum Gasteiger partial charge on any atom is 0.472 e. The number of unbranched alkanes of at least 4 members (excludes halogenated alkanes) is 62. The normalized spacial score (nSPS) is 13.0. The molecule has 9 nitrogen and oxygen atoms in total. The number of likely N-dealkylation sites (N-methyl/N-ethyl adjacent to an activating group) is 1. The zero-order valence-corrected chi connectivity index (χ0v) is 64.9. The van der Waals surface area contributed by atoms with Crippen LogP contribution in [0.3, 0.4) is 0 Å². The summed E-state index contributed by atoms with van der Waals surface area (Å²) in [5, 5.41) is 0. The van der Waals surface area contributed by atoms with Crippen LogP contribution in [0.1, 0.15) is 450 Å². The first kappa shape index (κ1) is 92.5. The van der Waals surface area contributed by atoms with Gasteiger partial charge in [-0.3, -0.25) is 18.6 Å². The van der Waals surface area contributed by atoms with E-state index in [0.717, 1.165) is 38.5 Å². The highest BCUT2D eigenvalue weighted by molar-refractivity contribution is 7.47. The summed E-state index contributed by atoms with van der Waals surface area (Å²) in [6, 6.07) is 0. The van der Waals surface area contributed by atoms with Crippen LogP contribution in [0.2, 0.25) is 0 Å². The molecule has 0 fully saturated rings. The second-order valence-corrected chi connectivity index (χ2v) is 31.7. The Labute approximate surface area is 587 Å². The van der Waals surface area contributed by atoms with E-state index in [1.807, 2.05) is 21.1 Å². The predicted molar refractivity (Wildman–Crippen MR) is 409 cm³/mol. The number of hydrogen-bond acceptors (Lipinski definition) is 7. The van der Waals surface area contributed by atoms with Gasteiger partial charge in [-0.1, -0.05) is 398 Å². The van der Waals surface area contributed by atoms with E-state index >= 15 is 0 Å². The molecule has 2 atom stereocenters. The highest BCUT2D eigenvalue weighted by Gasteiger charge is 2.27. The Morgan fingerprint density at radius 1 is 0.319 bits per heavy atom. The van der Waals surface area contributed by atoms with Gasteiger partial charge in [-0.05, 0) is 64.2 Å². The fraction of sp³-hybridized carbons (Fsp3) is 0.929. The molecule has 0 saturated heterocycles. The van der Waals surface area contributed by atoms with Crippen molar-refractivity contribution in [2.75, 3.05) is 47.5 Å². The summed E-state index contributed by atoms with van der Waals surface area (Å²) >= 11 is 0. The Kier molecular flexibility index (Phi) is 74.5. The standard InChI is InChI=1S/C84H164NO8P/c1-6-8-10-12-14-16-18-20-22-24-26-28-30-32-34-36-37-38-39-40-41-42-43-44-45-46-47-49-51-53-55-57-59-61-63-65-67-69-71-73-75-77-84(87)93-82(81-92-94(88,89)91-79-78-85(3,4)5)80-90-83(86)76-74-72-70-68-66-64-62-60-58-56-54-52-50-48-35-33-31-29-27-25-23-21-19-17-15-13-11-9-7-2/h24-27,82H,6-23,28-81H2,1-5H3/p+1/b26-24-,27-25-. The van der Waals surface area contributed by atoms with Crippen molar-refractivity contribution in [3.8, 4) is 0 Å². The summed E-state index contributed by atoms with van der Waals surface area (Å²) in [6.45, 7) is 4.52. The lowest BCUT2D eigenvalue weighted by atomic mass is 10.0. The van der Waals surface area contributed by atoms with Gasteiger partial charge >= 0.3 is 19.8 Å². The number of phosphoric acid groups is 1. The van der Waals surface area contributed by atoms with Gasteiger partial charge < -0.3 is 18.9 Å². The number of rotatable bonds is 80. The molecule has 0 aromatic heterocycles. The van der Waals surface area contributed by atoms with Crippen LogP contribution >= 0.6 is 7.82 Å². The van der Waals surface area contributed by atoms with E-state index in [1.54, 1.807) is 0 Å². The molecule has 0 spiro atoms. The summed E-state index contributed by atoms with van der Waals surface area (Å²) < 4.78 is 34.9. The van der Waals surface area contributed by atoms with Crippen molar-refractivity contribution in [2.45, 2.75) is 457 Å². The quantitative estimate of drug-likeness (QED) is 0.0211. The lowest BCUT2D eigenvalue weighted by Crippen LogP contribution is -2.37. The lowest BCUT2D eigenvalue weighted by molar-refractivity contribution is -0.870. The number of phosphoric ester groups is 1. The molecule has 94 heavy (non-hydrogen) atoms. The van der Waals surface area contributed by atoms with E-state index < -0.39 is 26.5 Å². The molecule has 0 radical (unpaired) electrons. The van der Waals surface area contributed by atoms with Crippen LogP contribution in [0.25, 0.3) is 0 Å². The Bertz CT molecular complexity index is 1630. The second-order valence-electron chi connectivity index (χ2n) is 30.2. The summed E-state index contributed by atoms with van der Waals surface area (Å²) in [5.41, 5.74) is 0. The molecule has 0 saturated carbocycles. The predicted octanol–water partition coefficient (Wildman–Crippen LogP) is 28.0. The van der Waals surface area contributed by atoms with Gasteiger partial charge in [0.25, 0.3) is 0 Å². The average Bonchev–Trinajstić information content (AvgIpc) is 1.57. The molecule has 558 valence electrons. The molecule has 0 heterocycles. The van der Waals surface area contributed by atoms with E-state index in [-0.39, 0.29) is 25.6 Å². The second kappa shape index (κ2) is 75.7. The zero-order chi connectivity index (χ0) is 68.3. The van der Waals surface area contributed by atoms with E-state index in [9.17, 15) is 19.0 Å². The highest BCUT2D eigenvalue weighted by Crippen LogP contribution is 2.43. The van der Waals surface area contributed by atoms with Crippen LogP contribution in [-0.2, 0) is 32.7 Å². The number of esters is 2. The van der Waals surface area contributed by atoms with Crippen molar-refractivity contribution in [3.05, 3.63) is 24.3 Å². The van der Waals surface area contributed by atoms with Crippen LogP contribution in [-0.4, -0.2) is 74.9 Å². The Hall–Kier alpha value is -1.51. The fourth-order valence-electron chi connectivity index (χ4n) is 13.0. The first-order valence-electron chi connectivity index (χ1n) is 42.1. The molecule has 0 aliphatic carbocycles. The molecule has 0 aromatic rings. The fourth-order valence-corrected chi connectivity index (χ4v) is 13.8. The van der Waals surface area contributed by atoms with Crippen molar-refractivity contribution >= 4 is 19.8 Å². The summed E-state index contributed by atoms with van der Waals surface area (Å²) in [6.07, 6.45) is 97.9. The van der Waals surface area contributed by atoms with Crippen molar-refractivity contribution < 1.29 is 42.1 Å². The molecule has 0 aliphatic heterocycles. The Morgan fingerprint density at radius 2 is 0.543 bits per heavy atom. The number of ether oxygens (including phenoxy) is 2. The molecule has 0 amide bonds. The number of quaternary nitrogens is 1. The molecule has 1 N–H and O–H groups in total. The minimum atomic E-state index is -4.39. The third-order valence-corrected chi connectivity index (χ3v) is 20.4. The molecular formula is C84H165NO8P+. The topological polar surface area (TPSA) is 108 Å². The number of hydrogen-bond donors (Lipinski definition) is 1. The maximum absolute atomic E-state index is 12.9. The van der Waals surface area contributed by atoms with E-state index in [0.29, 0.717) is 17.4 Å². The first-order chi connectivity index (χ1) is 46.0. The van der Waals surface area contributed by atoms with Gasteiger partial charge in [-0.25, -0.2) is 4.57 Å². The highest BCUT2D eigenvalue weighted by atomic mass is 31.2. The minimum absolute atomic E-state index is 0.0361. The number of allylic oxidation sites excluding steroid dienone is 4. The minimum Gasteiger partial charge on any atom is -0.462 e. The van der Waals surface area contributed by atoms with Gasteiger partial charge in [0.05, 0.1) is 27.7 Å². The molecule has 0 aliphatic rings. The Morgan fingerprint density at radius 3 is 0.787 bits per heavy atom. The third-order valence-electron chi connectivity index (χ3n) is 19.5. The van der Waals surface area contributed by atoms with Crippen molar-refractivity contribution in [1.29, 1.82) is 0 Å². The van der Waals surface area contributed by atoms with Crippen molar-refractivity contribution in [3.63, 3.8) is 0 Å². The largest absolute Gasteiger partial charge is 0.472 e. The summed E-state index contributed by atoms with van der Waals surface area (Å²) in [7, 11) is 1.51. The van der Waals surface area contributed by atoms with Gasteiger partial charge in [0, 0.05) is 12.8 Å². The van der Waals surface area contributed by atoms with E-state index in [4.69, 9.17) is 18.5 Å². The zero-order valence-electron chi connectivity index (χ0n) is 64.0. The number of carbonyl (C=O) groups excluding carboxylic acids is 2. The smallest absolute Gasteiger partial charge is 0.462 e. The molecule has 0 bridgehead atoms. The molecule has 10 heteroatoms. The SMILES string of the molecule is CCCCCCCCCC/C=C\CCCCCCCCCCCCCCCCCCCCCCCCCCCCCCCC(=O)OC(COC(=O)CCCCCCCCCCCCCCCCCCC/C=C\CCCCCCCCCC)COP(=O)(O)OCC[N+](C)(C)C. The monoisotopic (exact) mass is 1350 g/mol. The number of carbonyl (C=O) groups is 2. The van der Waals surface area contributed by atoms with Crippen LogP contribution in [0, 0.1) is 0 Å². The van der Waals surface area contributed by atoms with Crippen LogP contribution in [0.4, 0.5) is 0 Å². The summed E-state index contributed by atoms with van der Waals surface area (Å²) in [5.74, 6) is -0.768. The van der Waals surface area contributed by atoms with Gasteiger partial charge in [-0.15, -0.1) is 0 Å². The van der Waals surface area contributed by atoms with Crippen LogP contribution in [0.5, 0.6) is 0 Å². The van der Waals surface area contributed by atoms with Gasteiger partial charge in [0.15, 0.2) is 6.10 Å². The molecule has 0 rings (SSSR count). The maximum atomic E-state index is 12.9. The van der Waals surface area contributed by atoms with Crippen molar-refractivity contribution in [1.82, 2.24) is 0 Å². The molecular weight excluding hydrogens is 1180 g/mol. The first-order valence-corrected chi connectivity index (χ1v) is 43.6. The third kappa shape index (κ3) is 79.5. The van der Waals surface area contributed by atoms with E-state index in [2.05, 4.69) is 38.2 Å². The van der Waals surface area contributed by atoms with Crippen LogP contribution in [0.15, 0.2) is 24.3 Å². The van der Waals surface area contributed by atoms with Crippen LogP contribution < -0.4 is 0 Å². The summed E-state index contributed by atoms with van der Waals surface area (Å²) in [4.78, 5) is 36.0. The number of nitrogens with zero attached hydrogens (tertiary/aromatic N) is 1. The van der Waals surface area contributed by atoms with Gasteiger partial charge in [-0.2, -0.15) is 0 Å². The average molecular weight is 1350 g/mol. The lowest BCUT2D eigenvalue weighted by Gasteiger charge is -2.24. The van der Waals surface area contributed by atoms with Gasteiger partial charge in [0.2, 0.25) is 0 Å². The molecule has 0 aromatic carbocycles.